The molecule has 22 unspecified atom stereocenters. The number of epoxide rings is 1. The second-order valence-corrected chi connectivity index (χ2v) is 27.9. The first-order chi connectivity index (χ1) is 36.9. The lowest BCUT2D eigenvalue weighted by molar-refractivity contribution is -0.301. The summed E-state index contributed by atoms with van der Waals surface area (Å²) in [6.07, 6.45) is 18.6. The summed E-state index contributed by atoms with van der Waals surface area (Å²) in [6.45, 7) is 6.38. The van der Waals surface area contributed by atoms with Gasteiger partial charge in [0.15, 0.2) is 17.5 Å². The number of rotatable bonds is 5. The molecule has 1 aromatic carbocycles. The standard InChI is InChI=1S/C64H78N2O10/c1-59-23-21-50-61-33-73-52(68)30-51(61)74-60(2,41-11-7-4-8-12-41)55(61)54(69)56(70)62(50)46-26-36(25-35-9-5-3-6-10-35)13-14-37(46)15-18-42-19-16-40-32-72-49(53(40)63(42,59)76-58(71)57-64(59,62)75-57)29-45-43-27-39-22-24-66-34-65-31-47(66)44(39)28-38(43)17-20-48(45)67/h3,5-6,9-10,22,24,32,36-39,41-48,50-51,55-57,65,67,70H,4,7-8,11-14,16-17,19-21,23,25-31,33-34H2,1-2H3. The highest BCUT2D eigenvalue weighted by Crippen LogP contribution is 2.85. The molecule has 6 saturated carbocycles. The van der Waals surface area contributed by atoms with Crippen molar-refractivity contribution in [3.05, 3.63) is 71.3 Å². The maximum Gasteiger partial charge on any atom is 0.339 e. The van der Waals surface area contributed by atoms with Gasteiger partial charge >= 0.3 is 11.9 Å². The molecule has 8 aliphatic carbocycles. The number of esters is 2. The fourth-order valence-electron chi connectivity index (χ4n) is 22.6. The van der Waals surface area contributed by atoms with Crippen LogP contribution in [0.5, 0.6) is 0 Å². The second kappa shape index (κ2) is 16.6. The van der Waals surface area contributed by atoms with Crippen molar-refractivity contribution in [3.8, 4) is 11.8 Å². The van der Waals surface area contributed by atoms with Gasteiger partial charge in [0.25, 0.3) is 0 Å². The number of fused-ring (bicyclic) bond motifs is 6. The van der Waals surface area contributed by atoms with Crippen LogP contribution < -0.4 is 5.32 Å². The summed E-state index contributed by atoms with van der Waals surface area (Å²) in [5, 5.41) is 30.2. The summed E-state index contributed by atoms with van der Waals surface area (Å²) < 4.78 is 35.7. The minimum atomic E-state index is -1.50. The number of ether oxygens (including phenoxy) is 4. The second-order valence-electron chi connectivity index (χ2n) is 27.9. The van der Waals surface area contributed by atoms with Crippen molar-refractivity contribution >= 4 is 17.7 Å². The highest BCUT2D eigenvalue weighted by Gasteiger charge is 2.96. The molecular formula is C64H78N2O10. The number of nitrogens with zero attached hydrogens (tertiary/aromatic N) is 1. The molecule has 0 amide bonds. The van der Waals surface area contributed by atoms with Crippen molar-refractivity contribution in [2.24, 2.45) is 87.3 Å². The Bertz CT molecular complexity index is 2850. The molecule has 404 valence electrons. The average molecular weight is 1040 g/mol. The van der Waals surface area contributed by atoms with E-state index in [4.69, 9.17) is 23.4 Å². The molecule has 4 spiro atoms. The van der Waals surface area contributed by atoms with Gasteiger partial charge in [-0.05, 0) is 167 Å². The summed E-state index contributed by atoms with van der Waals surface area (Å²) in [5.41, 5.74) is -3.67. The maximum absolute atomic E-state index is 16.7. The quantitative estimate of drug-likeness (QED) is 0.151. The molecule has 5 saturated heterocycles. The van der Waals surface area contributed by atoms with Crippen molar-refractivity contribution in [2.45, 2.75) is 183 Å². The molecule has 1 aromatic heterocycles. The molecule has 22 atom stereocenters. The normalized spacial score (nSPS) is 51.1. The van der Waals surface area contributed by atoms with Gasteiger partial charge in [-0.25, -0.2) is 4.79 Å². The van der Waals surface area contributed by atoms with Crippen LogP contribution in [0.2, 0.25) is 0 Å². The van der Waals surface area contributed by atoms with E-state index in [1.807, 2.05) is 6.26 Å². The molecule has 11 fully saturated rings. The third kappa shape index (κ3) is 5.89. The van der Waals surface area contributed by atoms with E-state index in [1.54, 1.807) is 0 Å². The zero-order valence-corrected chi connectivity index (χ0v) is 44.6. The monoisotopic (exact) mass is 1030 g/mol. The van der Waals surface area contributed by atoms with Crippen LogP contribution in [0, 0.1) is 99.1 Å². The number of carbonyl (C=O) groups excluding carboxylic acids is 3. The van der Waals surface area contributed by atoms with E-state index in [1.165, 1.54) is 5.56 Å². The fraction of sp³-hybridized carbons (Fsp3) is 0.734. The number of hydrogen-bond acceptors (Lipinski definition) is 12. The molecule has 12 nitrogen and oxygen atoms in total. The maximum atomic E-state index is 16.7. The molecule has 12 heteroatoms. The number of aryl methyl sites for hydroxylation is 1. The summed E-state index contributed by atoms with van der Waals surface area (Å²) in [6, 6.07) is 11.2. The number of furan rings is 1. The Balaban J connectivity index is 0.869. The Morgan fingerprint density at radius 3 is 2.59 bits per heavy atom. The molecule has 3 N–H and O–H groups in total. The fourth-order valence-corrected chi connectivity index (χ4v) is 22.6. The van der Waals surface area contributed by atoms with Gasteiger partial charge in [0.1, 0.15) is 24.1 Å². The van der Waals surface area contributed by atoms with Crippen LogP contribution in [0.15, 0.2) is 53.3 Å². The number of nitrogens with one attached hydrogen (secondary N) is 1. The van der Waals surface area contributed by atoms with Gasteiger partial charge in [0.05, 0.1) is 49.0 Å². The molecule has 2 aromatic rings. The van der Waals surface area contributed by atoms with E-state index >= 15 is 9.59 Å². The number of ketones is 1. The van der Waals surface area contributed by atoms with Crippen LogP contribution >= 0.6 is 0 Å². The van der Waals surface area contributed by atoms with Gasteiger partial charge in [-0.2, -0.15) is 0 Å². The van der Waals surface area contributed by atoms with E-state index < -0.39 is 81.2 Å². The van der Waals surface area contributed by atoms with Crippen LogP contribution in [-0.4, -0.2) is 94.3 Å². The molecule has 0 radical (unpaired) electrons. The van der Waals surface area contributed by atoms with E-state index in [0.717, 1.165) is 107 Å². The first kappa shape index (κ1) is 48.0. The van der Waals surface area contributed by atoms with E-state index in [-0.39, 0.29) is 54.4 Å². The van der Waals surface area contributed by atoms with Gasteiger partial charge in [-0.1, -0.05) is 74.4 Å². The van der Waals surface area contributed by atoms with Gasteiger partial charge in [-0.15, -0.1) is 0 Å². The number of allylic oxidation sites excluding steroid dienone is 1. The van der Waals surface area contributed by atoms with Crippen LogP contribution in [-0.2, 0) is 58.2 Å². The zero-order valence-electron chi connectivity index (χ0n) is 44.6. The van der Waals surface area contributed by atoms with Gasteiger partial charge in [-0.3, -0.25) is 14.9 Å². The molecule has 6 aliphatic heterocycles. The van der Waals surface area contributed by atoms with Crippen LogP contribution in [0.4, 0.5) is 0 Å². The smallest absolute Gasteiger partial charge is 0.339 e. The van der Waals surface area contributed by atoms with Crippen molar-refractivity contribution < 1.29 is 48.0 Å². The minimum Gasteiger partial charge on any atom is -0.469 e. The van der Waals surface area contributed by atoms with E-state index in [2.05, 4.69) is 78.5 Å². The Labute approximate surface area is 447 Å². The zero-order chi connectivity index (χ0) is 51.3. The van der Waals surface area contributed by atoms with E-state index in [0.29, 0.717) is 68.2 Å². The molecular weight excluding hydrogens is 957 g/mol. The number of benzene rings is 1. The Morgan fingerprint density at radius 1 is 0.882 bits per heavy atom. The van der Waals surface area contributed by atoms with Crippen molar-refractivity contribution in [1.82, 2.24) is 10.2 Å². The summed E-state index contributed by atoms with van der Waals surface area (Å²) in [4.78, 5) is 48.7. The molecule has 14 aliphatic rings. The Kier molecular flexibility index (Phi) is 10.4. The highest BCUT2D eigenvalue weighted by atomic mass is 16.7. The van der Waals surface area contributed by atoms with Crippen molar-refractivity contribution in [2.75, 3.05) is 19.8 Å². The molecule has 76 heavy (non-hydrogen) atoms. The lowest BCUT2D eigenvalue weighted by atomic mass is 9.30. The Hall–Kier alpha value is -3.99. The topological polar surface area (TPSA) is 160 Å². The minimum absolute atomic E-state index is 0.0373. The number of hydrogen-bond donors (Lipinski definition) is 3. The van der Waals surface area contributed by atoms with E-state index in [9.17, 15) is 15.0 Å². The predicted molar refractivity (Wildman–Crippen MR) is 277 cm³/mol. The summed E-state index contributed by atoms with van der Waals surface area (Å²) in [5.74, 6) is 7.84. The van der Waals surface area contributed by atoms with Gasteiger partial charge in [0.2, 0.25) is 0 Å². The highest BCUT2D eigenvalue weighted by molar-refractivity contribution is 5.92. The lowest BCUT2D eigenvalue weighted by Crippen LogP contribution is -2.82. The number of aliphatic hydroxyl groups excluding tert-OH is 2. The third-order valence-corrected chi connectivity index (χ3v) is 25.5. The van der Waals surface area contributed by atoms with Gasteiger partial charge < -0.3 is 38.5 Å². The number of cyclic esters (lactones) is 1. The summed E-state index contributed by atoms with van der Waals surface area (Å²) >= 11 is 0. The Morgan fingerprint density at radius 2 is 1.74 bits per heavy atom. The van der Waals surface area contributed by atoms with Gasteiger partial charge in [0, 0.05) is 46.7 Å². The molecule has 4 bridgehead atoms. The number of Topliss-reactive ketones (excluding diaryl/α,β-unsaturated/α-hetero) is 1. The van der Waals surface area contributed by atoms with Crippen molar-refractivity contribution in [1.29, 1.82) is 0 Å². The third-order valence-electron chi connectivity index (χ3n) is 25.5. The first-order valence-corrected chi connectivity index (χ1v) is 30.3. The number of carbonyl (C=O) groups is 3. The molecule has 7 heterocycles. The van der Waals surface area contributed by atoms with Crippen LogP contribution in [0.25, 0.3) is 0 Å². The predicted octanol–water partition coefficient (Wildman–Crippen LogP) is 7.99. The van der Waals surface area contributed by atoms with Crippen LogP contribution in [0.1, 0.15) is 139 Å². The summed E-state index contributed by atoms with van der Waals surface area (Å²) in [7, 11) is 0. The average Bonchev–Trinajstić information content (AvgIpc) is 2.17. The van der Waals surface area contributed by atoms with Crippen LogP contribution in [0.3, 0.4) is 0 Å². The largest absolute Gasteiger partial charge is 0.469 e. The lowest BCUT2D eigenvalue weighted by Gasteiger charge is -2.72. The van der Waals surface area contributed by atoms with Crippen molar-refractivity contribution in [3.63, 3.8) is 0 Å². The molecule has 16 rings (SSSR count). The number of aliphatic hydroxyl groups is 2. The SMILES string of the molecule is CC1(C2CCCCC2)OC2CC(=O)OCC23C1C(=O)C(O)C12C4CC(Cc5ccccc5)CCC4C#CC4CCc5coc(CC6C(O)CCC7CC8C(C=CN9CNCC89)CC76)c5C45OC(=O)C4OC41C5(C)CCC32. The first-order valence-electron chi connectivity index (χ1n) is 30.3.